The predicted octanol–water partition coefficient (Wildman–Crippen LogP) is 3.34. The first-order valence-electron chi connectivity index (χ1n) is 6.03. The molecule has 0 unspecified atom stereocenters. The lowest BCUT2D eigenvalue weighted by atomic mass is 10.0. The quantitative estimate of drug-likeness (QED) is 0.344. The van der Waals surface area contributed by atoms with Gasteiger partial charge in [0.15, 0.2) is 0 Å². The number of rotatable bonds is 6. The average molecular weight is 269 g/mol. The van der Waals surface area contributed by atoms with Crippen LogP contribution in [0, 0.1) is 0 Å². The number of carbonyl (C=O) groups is 2. The van der Waals surface area contributed by atoms with Gasteiger partial charge in [-0.25, -0.2) is 4.79 Å². The molecule has 0 aliphatic heterocycles. The minimum atomic E-state index is -0.804. The lowest BCUT2D eigenvalue weighted by Crippen LogP contribution is -2.24. The zero-order chi connectivity index (χ0) is 13.5. The Balaban J connectivity index is 2.83. The minimum Gasteiger partial charge on any atom is -0.456 e. The number of hydrogen-bond acceptors (Lipinski definition) is 3. The molecule has 1 aromatic carbocycles. The van der Waals surface area contributed by atoms with Crippen molar-refractivity contribution in [1.29, 1.82) is 0 Å². The molecule has 3 nitrogen and oxygen atoms in total. The van der Waals surface area contributed by atoms with Crippen molar-refractivity contribution in [2.24, 2.45) is 0 Å². The summed E-state index contributed by atoms with van der Waals surface area (Å²) in [4.78, 5) is 23.7. The third kappa shape index (κ3) is 3.57. The fourth-order valence-electron chi connectivity index (χ4n) is 1.63. The van der Waals surface area contributed by atoms with Gasteiger partial charge in [0.1, 0.15) is 6.10 Å². The van der Waals surface area contributed by atoms with E-state index in [-0.39, 0.29) is 12.0 Å². The molecule has 98 valence electrons. The highest BCUT2D eigenvalue weighted by Crippen LogP contribution is 2.14. The van der Waals surface area contributed by atoms with Gasteiger partial charge in [0, 0.05) is 11.4 Å². The van der Waals surface area contributed by atoms with Crippen LogP contribution in [-0.4, -0.2) is 17.9 Å². The van der Waals surface area contributed by atoms with Gasteiger partial charge >= 0.3 is 5.97 Å². The standard InChI is InChI=1S/C14H17ClO3/c1-3-11(4-2)18-14(17)13(16)12-8-6-5-7-10(12)9-15/h5-8,11H,3-4,9H2,1-2H3. The molecule has 0 radical (unpaired) electrons. The van der Waals surface area contributed by atoms with Gasteiger partial charge in [0.05, 0.1) is 0 Å². The number of halogens is 1. The summed E-state index contributed by atoms with van der Waals surface area (Å²) in [6.45, 7) is 3.83. The Bertz CT molecular complexity index is 425. The van der Waals surface area contributed by atoms with Crippen molar-refractivity contribution in [2.45, 2.75) is 38.7 Å². The molecule has 18 heavy (non-hydrogen) atoms. The van der Waals surface area contributed by atoms with Crippen molar-refractivity contribution in [2.75, 3.05) is 0 Å². The Kier molecular flexibility index (Phi) is 5.86. The lowest BCUT2D eigenvalue weighted by molar-refractivity contribution is -0.143. The molecule has 0 saturated heterocycles. The van der Waals surface area contributed by atoms with Crippen LogP contribution in [-0.2, 0) is 15.4 Å². The van der Waals surface area contributed by atoms with Crippen LogP contribution < -0.4 is 0 Å². The van der Waals surface area contributed by atoms with Crippen molar-refractivity contribution in [1.82, 2.24) is 0 Å². The molecule has 0 spiro atoms. The number of carbonyl (C=O) groups excluding carboxylic acids is 2. The molecule has 0 atom stereocenters. The highest BCUT2D eigenvalue weighted by molar-refractivity contribution is 6.41. The van der Waals surface area contributed by atoms with Crippen LogP contribution in [0.15, 0.2) is 24.3 Å². The van der Waals surface area contributed by atoms with Crippen LogP contribution in [0.1, 0.15) is 42.6 Å². The zero-order valence-electron chi connectivity index (χ0n) is 10.6. The molecule has 0 amide bonds. The first-order valence-corrected chi connectivity index (χ1v) is 6.56. The van der Waals surface area contributed by atoms with E-state index in [1.807, 2.05) is 13.8 Å². The predicted molar refractivity (Wildman–Crippen MR) is 70.8 cm³/mol. The topological polar surface area (TPSA) is 43.4 Å². The lowest BCUT2D eigenvalue weighted by Gasteiger charge is -2.13. The van der Waals surface area contributed by atoms with E-state index in [0.717, 1.165) is 0 Å². The summed E-state index contributed by atoms with van der Waals surface area (Å²) in [5, 5.41) is 0. The molecule has 0 bridgehead atoms. The maximum Gasteiger partial charge on any atom is 0.379 e. The molecule has 0 aliphatic carbocycles. The summed E-state index contributed by atoms with van der Waals surface area (Å²) < 4.78 is 5.13. The van der Waals surface area contributed by atoms with Crippen LogP contribution in [0.25, 0.3) is 0 Å². The van der Waals surface area contributed by atoms with Gasteiger partial charge < -0.3 is 4.74 Å². The van der Waals surface area contributed by atoms with Crippen LogP contribution in [0.5, 0.6) is 0 Å². The number of benzene rings is 1. The number of alkyl halides is 1. The van der Waals surface area contributed by atoms with E-state index < -0.39 is 11.8 Å². The Hall–Kier alpha value is -1.35. The summed E-state index contributed by atoms with van der Waals surface area (Å²) in [7, 11) is 0. The minimum absolute atomic E-state index is 0.195. The second-order valence-electron chi connectivity index (χ2n) is 3.96. The van der Waals surface area contributed by atoms with Gasteiger partial charge in [-0.1, -0.05) is 38.1 Å². The molecule has 1 rings (SSSR count). The van der Waals surface area contributed by atoms with Crippen molar-refractivity contribution in [3.05, 3.63) is 35.4 Å². The molecule has 0 fully saturated rings. The molecule has 0 saturated carbocycles. The van der Waals surface area contributed by atoms with E-state index in [2.05, 4.69) is 0 Å². The van der Waals surface area contributed by atoms with Gasteiger partial charge in [0.2, 0.25) is 0 Å². The number of hydrogen-bond donors (Lipinski definition) is 0. The Labute approximate surface area is 112 Å². The highest BCUT2D eigenvalue weighted by atomic mass is 35.5. The van der Waals surface area contributed by atoms with Crippen molar-refractivity contribution in [3.63, 3.8) is 0 Å². The molecule has 4 heteroatoms. The SMILES string of the molecule is CCC(CC)OC(=O)C(=O)c1ccccc1CCl. The summed E-state index contributed by atoms with van der Waals surface area (Å²) in [5.41, 5.74) is 0.967. The smallest absolute Gasteiger partial charge is 0.379 e. The zero-order valence-corrected chi connectivity index (χ0v) is 11.4. The summed E-state index contributed by atoms with van der Waals surface area (Å²) in [5.74, 6) is -1.24. The maximum absolute atomic E-state index is 12.0. The fraction of sp³-hybridized carbons (Fsp3) is 0.429. The number of ether oxygens (including phenoxy) is 1. The van der Waals surface area contributed by atoms with Gasteiger partial charge in [-0.05, 0) is 18.4 Å². The van der Waals surface area contributed by atoms with Crippen molar-refractivity contribution in [3.8, 4) is 0 Å². The van der Waals surface area contributed by atoms with Gasteiger partial charge in [-0.15, -0.1) is 11.6 Å². The fourth-order valence-corrected chi connectivity index (χ4v) is 1.86. The van der Waals surface area contributed by atoms with Crippen LogP contribution >= 0.6 is 11.6 Å². The van der Waals surface area contributed by atoms with E-state index in [4.69, 9.17) is 16.3 Å². The van der Waals surface area contributed by atoms with Crippen LogP contribution in [0.4, 0.5) is 0 Å². The summed E-state index contributed by atoms with van der Waals surface area (Å²) in [6, 6.07) is 6.80. The number of esters is 1. The summed E-state index contributed by atoms with van der Waals surface area (Å²) in [6.07, 6.45) is 1.20. The third-order valence-electron chi connectivity index (χ3n) is 2.78. The summed E-state index contributed by atoms with van der Waals surface area (Å²) >= 11 is 5.74. The van der Waals surface area contributed by atoms with Gasteiger partial charge in [-0.3, -0.25) is 4.79 Å². The Morgan fingerprint density at radius 1 is 1.22 bits per heavy atom. The molecule has 0 aromatic heterocycles. The van der Waals surface area contributed by atoms with Crippen LogP contribution in [0.3, 0.4) is 0 Å². The van der Waals surface area contributed by atoms with E-state index >= 15 is 0 Å². The Morgan fingerprint density at radius 2 is 1.83 bits per heavy atom. The number of ketones is 1. The van der Waals surface area contributed by atoms with Gasteiger partial charge in [-0.2, -0.15) is 0 Å². The Morgan fingerprint density at radius 3 is 2.39 bits per heavy atom. The first kappa shape index (κ1) is 14.7. The second kappa shape index (κ2) is 7.17. The average Bonchev–Trinajstić information content (AvgIpc) is 2.43. The molecule has 0 N–H and O–H groups in total. The van der Waals surface area contributed by atoms with E-state index in [0.29, 0.717) is 24.0 Å². The van der Waals surface area contributed by atoms with E-state index in [1.54, 1.807) is 24.3 Å². The van der Waals surface area contributed by atoms with Gasteiger partial charge in [0.25, 0.3) is 5.78 Å². The third-order valence-corrected chi connectivity index (χ3v) is 3.06. The largest absolute Gasteiger partial charge is 0.456 e. The molecular weight excluding hydrogens is 252 g/mol. The molecular formula is C14H17ClO3. The molecule has 0 aliphatic rings. The van der Waals surface area contributed by atoms with E-state index in [1.165, 1.54) is 0 Å². The first-order chi connectivity index (χ1) is 8.63. The number of Topliss-reactive ketones (excluding diaryl/α,β-unsaturated/α-hetero) is 1. The monoisotopic (exact) mass is 268 g/mol. The van der Waals surface area contributed by atoms with Crippen molar-refractivity contribution < 1.29 is 14.3 Å². The normalized spacial score (nSPS) is 10.4. The van der Waals surface area contributed by atoms with E-state index in [9.17, 15) is 9.59 Å². The molecule has 1 aromatic rings. The van der Waals surface area contributed by atoms with Crippen molar-refractivity contribution >= 4 is 23.4 Å². The maximum atomic E-state index is 12.0. The molecule has 0 heterocycles. The second-order valence-corrected chi connectivity index (χ2v) is 4.23. The highest BCUT2D eigenvalue weighted by Gasteiger charge is 2.22. The van der Waals surface area contributed by atoms with Crippen LogP contribution in [0.2, 0.25) is 0 Å².